The molecule has 1 aliphatic heterocycles. The third kappa shape index (κ3) is 4.38. The molecule has 6 heteroatoms. The van der Waals surface area contributed by atoms with E-state index >= 15 is 0 Å². The van der Waals surface area contributed by atoms with Crippen molar-refractivity contribution in [3.05, 3.63) is 59.2 Å². The van der Waals surface area contributed by atoms with Crippen molar-refractivity contribution in [1.82, 2.24) is 5.32 Å². The Morgan fingerprint density at radius 1 is 1.16 bits per heavy atom. The first kappa shape index (κ1) is 21.2. The highest BCUT2D eigenvalue weighted by Gasteiger charge is 2.43. The van der Waals surface area contributed by atoms with Crippen LogP contribution in [0.1, 0.15) is 67.1 Å². The first-order valence-electron chi connectivity index (χ1n) is 10.9. The summed E-state index contributed by atoms with van der Waals surface area (Å²) in [6.07, 6.45) is 5.10. The second-order valence-corrected chi connectivity index (χ2v) is 8.58. The zero-order chi connectivity index (χ0) is 22.0. The van der Waals surface area contributed by atoms with Gasteiger partial charge in [-0.3, -0.25) is 4.79 Å². The zero-order valence-corrected chi connectivity index (χ0v) is 18.3. The number of amides is 1. The van der Waals surface area contributed by atoms with Crippen LogP contribution in [0.15, 0.2) is 42.5 Å². The summed E-state index contributed by atoms with van der Waals surface area (Å²) in [5.41, 5.74) is 0.965. The van der Waals surface area contributed by atoms with Crippen molar-refractivity contribution in [2.24, 2.45) is 0 Å². The Kier molecular flexibility index (Phi) is 5.90. The fourth-order valence-corrected chi connectivity index (χ4v) is 4.33. The number of methoxy groups -OCH3 is 1. The average Bonchev–Trinajstić information content (AvgIpc) is 3.27. The largest absolute Gasteiger partial charge is 0.493 e. The van der Waals surface area contributed by atoms with Crippen LogP contribution in [-0.2, 0) is 16.0 Å². The van der Waals surface area contributed by atoms with Gasteiger partial charge in [0.2, 0.25) is 0 Å². The monoisotopic (exact) mass is 423 g/mol. The topological polar surface area (TPSA) is 73.9 Å². The van der Waals surface area contributed by atoms with Gasteiger partial charge < -0.3 is 19.5 Å². The number of fused-ring (bicyclic) bond motifs is 1. The molecule has 0 spiro atoms. The molecule has 4 rings (SSSR count). The Morgan fingerprint density at radius 3 is 2.65 bits per heavy atom. The smallest absolute Gasteiger partial charge is 0.339 e. The molecule has 6 nitrogen and oxygen atoms in total. The predicted molar refractivity (Wildman–Crippen MR) is 116 cm³/mol. The number of carbonyl (C=O) groups is 2. The number of ether oxygens (including phenoxy) is 3. The third-order valence-electron chi connectivity index (χ3n) is 6.19. The summed E-state index contributed by atoms with van der Waals surface area (Å²) in [5.74, 6) is 0.575. The van der Waals surface area contributed by atoms with Crippen molar-refractivity contribution < 1.29 is 23.8 Å². The molecule has 1 N–H and O–H groups in total. The molecule has 1 aliphatic carbocycles. The first-order valence-corrected chi connectivity index (χ1v) is 10.9. The highest BCUT2D eigenvalue weighted by Crippen LogP contribution is 2.34. The summed E-state index contributed by atoms with van der Waals surface area (Å²) < 4.78 is 17.2. The number of rotatable bonds is 6. The minimum Gasteiger partial charge on any atom is -0.493 e. The summed E-state index contributed by atoms with van der Waals surface area (Å²) in [4.78, 5) is 25.5. The van der Waals surface area contributed by atoms with Crippen molar-refractivity contribution in [2.75, 3.05) is 7.11 Å². The molecule has 1 saturated carbocycles. The molecule has 2 aromatic carbocycles. The Labute approximate surface area is 182 Å². The molecular weight excluding hydrogens is 394 g/mol. The molecule has 164 valence electrons. The number of carbonyl (C=O) groups excluding carboxylic acids is 2. The van der Waals surface area contributed by atoms with Crippen molar-refractivity contribution in [2.45, 2.75) is 63.7 Å². The van der Waals surface area contributed by atoms with Gasteiger partial charge in [0.25, 0.3) is 5.91 Å². The number of hydrogen-bond acceptors (Lipinski definition) is 5. The molecule has 1 heterocycles. The van der Waals surface area contributed by atoms with Gasteiger partial charge >= 0.3 is 5.97 Å². The number of nitrogens with one attached hydrogen (secondary N) is 1. The molecule has 0 bridgehead atoms. The summed E-state index contributed by atoms with van der Waals surface area (Å²) in [6.45, 7) is 3.55. The SMILES string of the molecule is COc1cc(C(C)NC(=O)C2(C)Cc3ccccc3C(=O)O2)ccc1OC1CCCC1. The molecule has 0 radical (unpaired) electrons. The Bertz CT molecular complexity index is 982. The minimum atomic E-state index is -1.25. The van der Waals surface area contributed by atoms with Crippen molar-refractivity contribution in [3.8, 4) is 11.5 Å². The molecule has 2 unspecified atom stereocenters. The predicted octanol–water partition coefficient (Wildman–Crippen LogP) is 4.37. The van der Waals surface area contributed by atoms with E-state index in [1.165, 1.54) is 12.8 Å². The van der Waals surface area contributed by atoms with Crippen molar-refractivity contribution >= 4 is 11.9 Å². The lowest BCUT2D eigenvalue weighted by Crippen LogP contribution is -2.52. The molecule has 31 heavy (non-hydrogen) atoms. The lowest BCUT2D eigenvalue weighted by atomic mass is 9.89. The summed E-state index contributed by atoms with van der Waals surface area (Å²) in [7, 11) is 1.61. The third-order valence-corrected chi connectivity index (χ3v) is 6.19. The van der Waals surface area contributed by atoms with Crippen LogP contribution < -0.4 is 14.8 Å². The molecule has 2 aromatic rings. The van der Waals surface area contributed by atoms with Gasteiger partial charge in [0.15, 0.2) is 17.1 Å². The van der Waals surface area contributed by atoms with Crippen LogP contribution in [0.5, 0.6) is 11.5 Å². The quantitative estimate of drug-likeness (QED) is 0.699. The maximum absolute atomic E-state index is 13.1. The fraction of sp³-hybridized carbons (Fsp3) is 0.440. The first-order chi connectivity index (χ1) is 14.9. The van der Waals surface area contributed by atoms with Crippen LogP contribution in [-0.4, -0.2) is 30.7 Å². The number of hydrogen-bond donors (Lipinski definition) is 1. The van der Waals surface area contributed by atoms with Crippen LogP contribution >= 0.6 is 0 Å². The van der Waals surface area contributed by atoms with Gasteiger partial charge in [0.1, 0.15) is 0 Å². The maximum Gasteiger partial charge on any atom is 0.339 e. The van der Waals surface area contributed by atoms with E-state index in [1.54, 1.807) is 26.2 Å². The molecule has 1 fully saturated rings. The average molecular weight is 424 g/mol. The molecule has 0 aromatic heterocycles. The summed E-state index contributed by atoms with van der Waals surface area (Å²) in [6, 6.07) is 12.7. The number of benzene rings is 2. The van der Waals surface area contributed by atoms with Gasteiger partial charge in [0, 0.05) is 6.42 Å². The lowest BCUT2D eigenvalue weighted by molar-refractivity contribution is -0.140. The van der Waals surface area contributed by atoms with E-state index in [1.807, 2.05) is 37.3 Å². The minimum absolute atomic E-state index is 0.237. The van der Waals surface area contributed by atoms with E-state index < -0.39 is 11.6 Å². The van der Waals surface area contributed by atoms with E-state index in [-0.39, 0.29) is 18.1 Å². The zero-order valence-electron chi connectivity index (χ0n) is 18.3. The van der Waals surface area contributed by atoms with Crippen LogP contribution in [0, 0.1) is 0 Å². The maximum atomic E-state index is 13.1. The number of esters is 1. The van der Waals surface area contributed by atoms with Crippen LogP contribution in [0.4, 0.5) is 0 Å². The van der Waals surface area contributed by atoms with E-state index in [9.17, 15) is 9.59 Å². The van der Waals surface area contributed by atoms with Crippen molar-refractivity contribution in [3.63, 3.8) is 0 Å². The molecule has 2 aliphatic rings. The van der Waals surface area contributed by atoms with E-state index in [2.05, 4.69) is 5.32 Å². The van der Waals surface area contributed by atoms with Crippen LogP contribution in [0.3, 0.4) is 0 Å². The van der Waals surface area contributed by atoms with Gasteiger partial charge in [0.05, 0.1) is 24.8 Å². The van der Waals surface area contributed by atoms with Crippen LogP contribution in [0.2, 0.25) is 0 Å². The molecular formula is C25H29NO5. The van der Waals surface area contributed by atoms with Gasteiger partial charge in [-0.1, -0.05) is 24.3 Å². The highest BCUT2D eigenvalue weighted by atomic mass is 16.6. The van der Waals surface area contributed by atoms with Crippen molar-refractivity contribution in [1.29, 1.82) is 0 Å². The van der Waals surface area contributed by atoms with E-state index in [0.29, 0.717) is 17.7 Å². The van der Waals surface area contributed by atoms with E-state index in [4.69, 9.17) is 14.2 Å². The number of cyclic esters (lactones) is 1. The molecule has 1 amide bonds. The Morgan fingerprint density at radius 2 is 1.90 bits per heavy atom. The lowest BCUT2D eigenvalue weighted by Gasteiger charge is -2.34. The Hall–Kier alpha value is -3.02. The summed E-state index contributed by atoms with van der Waals surface area (Å²) in [5, 5.41) is 2.99. The Balaban J connectivity index is 1.47. The molecule has 2 atom stereocenters. The second-order valence-electron chi connectivity index (χ2n) is 8.58. The van der Waals surface area contributed by atoms with Gasteiger partial charge in [-0.25, -0.2) is 4.79 Å². The van der Waals surface area contributed by atoms with Gasteiger partial charge in [-0.2, -0.15) is 0 Å². The van der Waals surface area contributed by atoms with Gasteiger partial charge in [-0.05, 0) is 68.9 Å². The van der Waals surface area contributed by atoms with Crippen LogP contribution in [0.25, 0.3) is 0 Å². The van der Waals surface area contributed by atoms with E-state index in [0.717, 1.165) is 29.7 Å². The normalized spacial score (nSPS) is 21.7. The second kappa shape index (κ2) is 8.61. The summed E-state index contributed by atoms with van der Waals surface area (Å²) >= 11 is 0. The standard InChI is InChI=1S/C25H29NO5/c1-16(17-12-13-21(22(14-17)29-3)30-19-9-5-6-10-19)26-24(28)25(2)15-18-8-4-7-11-20(18)23(27)31-25/h4,7-8,11-14,16,19H,5-6,9-10,15H2,1-3H3,(H,26,28). The van der Waals surface area contributed by atoms with Gasteiger partial charge in [-0.15, -0.1) is 0 Å². The molecule has 0 saturated heterocycles. The highest BCUT2D eigenvalue weighted by molar-refractivity contribution is 5.97. The fourth-order valence-electron chi connectivity index (χ4n) is 4.33.